The van der Waals surface area contributed by atoms with Crippen molar-refractivity contribution >= 4 is 22.7 Å². The smallest absolute Gasteiger partial charge is 0.266 e. The minimum Gasteiger partial charge on any atom is -0.268 e. The van der Waals surface area contributed by atoms with Gasteiger partial charge in [-0.1, -0.05) is 60.3 Å². The summed E-state index contributed by atoms with van der Waals surface area (Å²) < 4.78 is 1.77. The van der Waals surface area contributed by atoms with E-state index in [9.17, 15) is 4.79 Å². The number of hydrogen-bond donors (Lipinski definition) is 0. The van der Waals surface area contributed by atoms with E-state index in [0.717, 1.165) is 33.2 Å². The van der Waals surface area contributed by atoms with Crippen molar-refractivity contribution in [1.29, 1.82) is 0 Å². The van der Waals surface area contributed by atoms with Gasteiger partial charge in [-0.05, 0) is 61.2 Å². The molecule has 0 N–H and O–H groups in total. The molecule has 0 fully saturated rings. The van der Waals surface area contributed by atoms with Gasteiger partial charge in [-0.25, -0.2) is 4.98 Å². The number of benzene rings is 3. The molecule has 0 amide bonds. The molecule has 1 heterocycles. The van der Waals surface area contributed by atoms with Crippen molar-refractivity contribution in [2.45, 2.75) is 31.7 Å². The van der Waals surface area contributed by atoms with Gasteiger partial charge < -0.3 is 0 Å². The number of rotatable bonds is 4. The van der Waals surface area contributed by atoms with Gasteiger partial charge in [-0.3, -0.25) is 9.36 Å². The van der Waals surface area contributed by atoms with Gasteiger partial charge in [0.2, 0.25) is 0 Å². The van der Waals surface area contributed by atoms with E-state index in [2.05, 4.69) is 43.3 Å². The van der Waals surface area contributed by atoms with E-state index in [-0.39, 0.29) is 5.56 Å². The number of aromatic nitrogens is 2. The second kappa shape index (κ2) is 7.64. The summed E-state index contributed by atoms with van der Waals surface area (Å²) in [4.78, 5) is 18.3. The van der Waals surface area contributed by atoms with E-state index in [1.807, 2.05) is 44.2 Å². The minimum atomic E-state index is -0.0217. The molecule has 0 bridgehead atoms. The maximum absolute atomic E-state index is 13.4. The predicted octanol–water partition coefficient (Wildman–Crippen LogP) is 5.60. The highest BCUT2D eigenvalue weighted by atomic mass is 32.2. The summed E-state index contributed by atoms with van der Waals surface area (Å²) in [5.41, 5.74) is 6.29. The second-order valence-corrected chi connectivity index (χ2v) is 8.00. The lowest BCUT2D eigenvalue weighted by Gasteiger charge is -2.16. The molecule has 3 nitrogen and oxygen atoms in total. The van der Waals surface area contributed by atoms with E-state index in [1.54, 1.807) is 16.3 Å². The van der Waals surface area contributed by atoms with Crippen LogP contribution in [0.4, 0.5) is 0 Å². The Morgan fingerprint density at radius 2 is 1.64 bits per heavy atom. The quantitative estimate of drug-likeness (QED) is 0.338. The molecule has 1 aromatic heterocycles. The Bertz CT molecular complexity index is 1230. The van der Waals surface area contributed by atoms with Crippen molar-refractivity contribution in [2.24, 2.45) is 0 Å². The Labute approximate surface area is 169 Å². The molecule has 0 radical (unpaired) electrons. The Hall–Kier alpha value is -2.85. The standard InChI is InChI=1S/C24H22N2OS/c1-16-12-13-18(3)22(14-16)26-23(27)20-10-6-7-11-21(20)25-24(26)28-15-19-9-5-4-8-17(19)2/h4-14H,15H2,1-3H3. The summed E-state index contributed by atoms with van der Waals surface area (Å²) in [6.07, 6.45) is 0. The fraction of sp³-hybridized carbons (Fsp3) is 0.167. The highest BCUT2D eigenvalue weighted by Gasteiger charge is 2.15. The molecular formula is C24H22N2OS. The van der Waals surface area contributed by atoms with Gasteiger partial charge in [-0.15, -0.1) is 0 Å². The fourth-order valence-electron chi connectivity index (χ4n) is 3.30. The summed E-state index contributed by atoms with van der Waals surface area (Å²) >= 11 is 1.60. The van der Waals surface area contributed by atoms with Crippen LogP contribution in [0.1, 0.15) is 22.3 Å². The van der Waals surface area contributed by atoms with E-state index in [0.29, 0.717) is 5.39 Å². The SMILES string of the molecule is Cc1ccc(C)c(-n2c(SCc3ccccc3C)nc3ccccc3c2=O)c1. The van der Waals surface area contributed by atoms with E-state index >= 15 is 0 Å². The molecule has 28 heavy (non-hydrogen) atoms. The maximum atomic E-state index is 13.4. The molecule has 0 unspecified atom stereocenters. The number of nitrogens with zero attached hydrogens (tertiary/aromatic N) is 2. The van der Waals surface area contributed by atoms with E-state index in [4.69, 9.17) is 4.98 Å². The Morgan fingerprint density at radius 3 is 2.46 bits per heavy atom. The molecule has 0 aliphatic rings. The first-order valence-corrected chi connectivity index (χ1v) is 10.3. The number of hydrogen-bond acceptors (Lipinski definition) is 3. The Kier molecular flexibility index (Phi) is 5.05. The van der Waals surface area contributed by atoms with E-state index in [1.165, 1.54) is 11.1 Å². The van der Waals surface area contributed by atoms with Crippen LogP contribution in [0.15, 0.2) is 76.7 Å². The van der Waals surface area contributed by atoms with Crippen LogP contribution < -0.4 is 5.56 Å². The normalized spacial score (nSPS) is 11.1. The molecule has 0 spiro atoms. The van der Waals surface area contributed by atoms with Crippen LogP contribution in [-0.4, -0.2) is 9.55 Å². The van der Waals surface area contributed by atoms with Crippen LogP contribution >= 0.6 is 11.8 Å². The third-order valence-electron chi connectivity index (χ3n) is 4.97. The summed E-state index contributed by atoms with van der Waals surface area (Å²) in [6.45, 7) is 6.19. The number of fused-ring (bicyclic) bond motifs is 1. The third-order valence-corrected chi connectivity index (χ3v) is 5.96. The predicted molar refractivity (Wildman–Crippen MR) is 118 cm³/mol. The molecule has 4 rings (SSSR count). The number of para-hydroxylation sites is 1. The molecular weight excluding hydrogens is 364 g/mol. The summed E-state index contributed by atoms with van der Waals surface area (Å²) in [6, 6.07) is 22.1. The average Bonchev–Trinajstić information content (AvgIpc) is 2.70. The van der Waals surface area contributed by atoms with Crippen LogP contribution in [0, 0.1) is 20.8 Å². The molecule has 140 valence electrons. The third kappa shape index (κ3) is 3.48. The first-order valence-electron chi connectivity index (χ1n) is 9.31. The van der Waals surface area contributed by atoms with Crippen LogP contribution in [-0.2, 0) is 5.75 Å². The van der Waals surface area contributed by atoms with Crippen molar-refractivity contribution < 1.29 is 0 Å². The van der Waals surface area contributed by atoms with Crippen molar-refractivity contribution in [3.05, 3.63) is 99.3 Å². The van der Waals surface area contributed by atoms with Gasteiger partial charge in [0.25, 0.3) is 5.56 Å². The molecule has 0 aliphatic heterocycles. The molecule has 0 aliphatic carbocycles. The van der Waals surface area contributed by atoms with Gasteiger partial charge in [-0.2, -0.15) is 0 Å². The number of aryl methyl sites for hydroxylation is 3. The lowest BCUT2D eigenvalue weighted by Crippen LogP contribution is -2.22. The van der Waals surface area contributed by atoms with Crippen molar-refractivity contribution in [3.8, 4) is 5.69 Å². The minimum absolute atomic E-state index is 0.0217. The van der Waals surface area contributed by atoms with Crippen LogP contribution in [0.2, 0.25) is 0 Å². The van der Waals surface area contributed by atoms with Crippen LogP contribution in [0.5, 0.6) is 0 Å². The summed E-state index contributed by atoms with van der Waals surface area (Å²) in [5, 5.41) is 1.37. The van der Waals surface area contributed by atoms with Crippen LogP contribution in [0.25, 0.3) is 16.6 Å². The average molecular weight is 387 g/mol. The lowest BCUT2D eigenvalue weighted by molar-refractivity contribution is 0.813. The highest BCUT2D eigenvalue weighted by molar-refractivity contribution is 7.98. The largest absolute Gasteiger partial charge is 0.268 e. The van der Waals surface area contributed by atoms with E-state index < -0.39 is 0 Å². The van der Waals surface area contributed by atoms with Gasteiger partial charge >= 0.3 is 0 Å². The number of thioether (sulfide) groups is 1. The first-order chi connectivity index (χ1) is 13.5. The lowest BCUT2D eigenvalue weighted by atomic mass is 10.1. The van der Waals surface area contributed by atoms with Crippen molar-refractivity contribution in [3.63, 3.8) is 0 Å². The monoisotopic (exact) mass is 386 g/mol. The molecule has 0 saturated heterocycles. The zero-order valence-electron chi connectivity index (χ0n) is 16.3. The van der Waals surface area contributed by atoms with Gasteiger partial charge in [0.15, 0.2) is 5.16 Å². The van der Waals surface area contributed by atoms with Gasteiger partial charge in [0.1, 0.15) is 0 Å². The highest BCUT2D eigenvalue weighted by Crippen LogP contribution is 2.27. The molecule has 0 atom stereocenters. The topological polar surface area (TPSA) is 34.9 Å². The van der Waals surface area contributed by atoms with Crippen LogP contribution in [0.3, 0.4) is 0 Å². The zero-order chi connectivity index (χ0) is 19.7. The zero-order valence-corrected chi connectivity index (χ0v) is 17.1. The van der Waals surface area contributed by atoms with Crippen molar-refractivity contribution in [1.82, 2.24) is 9.55 Å². The molecule has 4 aromatic rings. The summed E-state index contributed by atoms with van der Waals surface area (Å²) in [5.74, 6) is 0.766. The van der Waals surface area contributed by atoms with Gasteiger partial charge in [0.05, 0.1) is 16.6 Å². The molecule has 0 saturated carbocycles. The second-order valence-electron chi connectivity index (χ2n) is 7.06. The van der Waals surface area contributed by atoms with Gasteiger partial charge in [0, 0.05) is 5.75 Å². The molecule has 4 heteroatoms. The Morgan fingerprint density at radius 1 is 0.893 bits per heavy atom. The Balaban J connectivity index is 1.90. The fourth-order valence-corrected chi connectivity index (χ4v) is 4.38. The molecule has 3 aromatic carbocycles. The van der Waals surface area contributed by atoms with Crippen molar-refractivity contribution in [2.75, 3.05) is 0 Å². The maximum Gasteiger partial charge on any atom is 0.266 e. The summed E-state index contributed by atoms with van der Waals surface area (Å²) in [7, 11) is 0. The first kappa shape index (κ1) is 18.5.